The largest absolute Gasteiger partial charge is 0.489 e. The van der Waals surface area contributed by atoms with Gasteiger partial charge in [0, 0.05) is 60.8 Å². The molecule has 0 spiro atoms. The highest BCUT2D eigenvalue weighted by Crippen LogP contribution is 2.23. The predicted molar refractivity (Wildman–Crippen MR) is 148 cm³/mol. The van der Waals surface area contributed by atoms with Gasteiger partial charge in [-0.1, -0.05) is 17.7 Å². The van der Waals surface area contributed by atoms with Gasteiger partial charge in [-0.3, -0.25) is 24.4 Å². The fourth-order valence-corrected chi connectivity index (χ4v) is 4.70. The van der Waals surface area contributed by atoms with E-state index in [0.717, 1.165) is 0 Å². The minimum absolute atomic E-state index is 0.00455. The SMILES string of the molecule is O=C(N[C@@H](Cc1ccccn1)C(=O)NCC(=O)N1CCC(Oc2cccnc2)CC1)c1cc2cc(Cl)ccc2o1. The molecule has 5 rings (SSSR count). The van der Waals surface area contributed by atoms with Crippen LogP contribution in [0.25, 0.3) is 11.0 Å². The molecule has 4 heterocycles. The molecule has 3 aromatic heterocycles. The summed E-state index contributed by atoms with van der Waals surface area (Å²) in [5.41, 5.74) is 1.11. The number of pyridine rings is 2. The molecule has 1 fully saturated rings. The Morgan fingerprint density at radius 1 is 1.07 bits per heavy atom. The van der Waals surface area contributed by atoms with Gasteiger partial charge in [-0.05, 0) is 48.5 Å². The monoisotopic (exact) mass is 561 g/mol. The number of piperidine rings is 1. The quantitative estimate of drug-likeness (QED) is 0.321. The Labute approximate surface area is 235 Å². The first-order chi connectivity index (χ1) is 19.4. The summed E-state index contributed by atoms with van der Waals surface area (Å²) in [6.45, 7) is 0.846. The van der Waals surface area contributed by atoms with E-state index in [9.17, 15) is 14.4 Å². The number of hydrogen-bond donors (Lipinski definition) is 2. The average molecular weight is 562 g/mol. The lowest BCUT2D eigenvalue weighted by Gasteiger charge is -2.32. The maximum Gasteiger partial charge on any atom is 0.287 e. The van der Waals surface area contributed by atoms with E-state index in [4.69, 9.17) is 20.8 Å². The minimum Gasteiger partial charge on any atom is -0.489 e. The molecule has 10 nitrogen and oxygen atoms in total. The molecule has 1 aromatic carbocycles. The lowest BCUT2D eigenvalue weighted by molar-refractivity contribution is -0.134. The summed E-state index contributed by atoms with van der Waals surface area (Å²) in [6.07, 6.45) is 6.44. The molecule has 4 aromatic rings. The summed E-state index contributed by atoms with van der Waals surface area (Å²) in [6, 6.07) is 14.6. The van der Waals surface area contributed by atoms with Crippen LogP contribution < -0.4 is 15.4 Å². The highest BCUT2D eigenvalue weighted by molar-refractivity contribution is 6.31. The summed E-state index contributed by atoms with van der Waals surface area (Å²) < 4.78 is 11.6. The molecule has 2 N–H and O–H groups in total. The lowest BCUT2D eigenvalue weighted by Crippen LogP contribution is -2.51. The van der Waals surface area contributed by atoms with E-state index in [2.05, 4.69) is 20.6 Å². The summed E-state index contributed by atoms with van der Waals surface area (Å²) in [5.74, 6) is -0.521. The fraction of sp³-hybridized carbons (Fsp3) is 0.276. The second-order valence-electron chi connectivity index (χ2n) is 9.45. The second-order valence-corrected chi connectivity index (χ2v) is 9.89. The van der Waals surface area contributed by atoms with Crippen molar-refractivity contribution in [3.8, 4) is 5.75 Å². The van der Waals surface area contributed by atoms with Crippen molar-refractivity contribution in [2.45, 2.75) is 31.4 Å². The van der Waals surface area contributed by atoms with Gasteiger partial charge in [0.25, 0.3) is 5.91 Å². The average Bonchev–Trinajstić information content (AvgIpc) is 3.40. The molecule has 1 saturated heterocycles. The molecule has 1 aliphatic rings. The number of aromatic nitrogens is 2. The van der Waals surface area contributed by atoms with Crippen LogP contribution in [0.4, 0.5) is 0 Å². The Morgan fingerprint density at radius 2 is 1.93 bits per heavy atom. The Balaban J connectivity index is 1.18. The Kier molecular flexibility index (Phi) is 8.56. The molecular weight excluding hydrogens is 534 g/mol. The van der Waals surface area contributed by atoms with E-state index >= 15 is 0 Å². The van der Waals surface area contributed by atoms with E-state index in [0.29, 0.717) is 53.4 Å². The Bertz CT molecular complexity index is 1470. The number of furan rings is 1. The Morgan fingerprint density at radius 3 is 2.67 bits per heavy atom. The van der Waals surface area contributed by atoms with E-state index in [-0.39, 0.29) is 30.7 Å². The highest BCUT2D eigenvalue weighted by Gasteiger charge is 2.27. The molecule has 1 atom stereocenters. The first kappa shape index (κ1) is 27.1. The van der Waals surface area contributed by atoms with Crippen molar-refractivity contribution in [3.63, 3.8) is 0 Å². The van der Waals surface area contributed by atoms with Crippen molar-refractivity contribution >= 4 is 40.3 Å². The van der Waals surface area contributed by atoms with Crippen molar-refractivity contribution < 1.29 is 23.5 Å². The van der Waals surface area contributed by atoms with Crippen molar-refractivity contribution in [2.75, 3.05) is 19.6 Å². The van der Waals surface area contributed by atoms with Gasteiger partial charge in [-0.15, -0.1) is 0 Å². The number of nitrogens with one attached hydrogen (secondary N) is 2. The van der Waals surface area contributed by atoms with E-state index < -0.39 is 17.9 Å². The number of amides is 3. The number of nitrogens with zero attached hydrogens (tertiary/aromatic N) is 3. The normalized spacial score (nSPS) is 14.5. The van der Waals surface area contributed by atoms with Gasteiger partial charge >= 0.3 is 0 Å². The maximum atomic E-state index is 13.2. The predicted octanol–water partition coefficient (Wildman–Crippen LogP) is 3.40. The van der Waals surface area contributed by atoms with Gasteiger partial charge in [0.2, 0.25) is 11.8 Å². The first-order valence-electron chi connectivity index (χ1n) is 13.0. The zero-order valence-corrected chi connectivity index (χ0v) is 22.3. The van der Waals surface area contributed by atoms with Gasteiger partial charge in [-0.25, -0.2) is 0 Å². The number of ether oxygens (including phenoxy) is 1. The number of carbonyl (C=O) groups is 3. The molecular formula is C29H28ClN5O5. The number of halogens is 1. The van der Waals surface area contributed by atoms with E-state index in [1.54, 1.807) is 66.0 Å². The van der Waals surface area contributed by atoms with Gasteiger partial charge in [0.05, 0.1) is 12.7 Å². The number of fused-ring (bicyclic) bond motifs is 1. The smallest absolute Gasteiger partial charge is 0.287 e. The Hall–Kier alpha value is -4.44. The second kappa shape index (κ2) is 12.6. The van der Waals surface area contributed by atoms with Crippen LogP contribution in [0.2, 0.25) is 5.02 Å². The van der Waals surface area contributed by atoms with Crippen molar-refractivity contribution in [3.05, 3.63) is 89.7 Å². The van der Waals surface area contributed by atoms with E-state index in [1.807, 2.05) is 12.1 Å². The molecule has 0 saturated carbocycles. The summed E-state index contributed by atoms with van der Waals surface area (Å²) in [5, 5.41) is 6.59. The molecule has 0 unspecified atom stereocenters. The summed E-state index contributed by atoms with van der Waals surface area (Å²) in [4.78, 5) is 49.1. The topological polar surface area (TPSA) is 127 Å². The van der Waals surface area contributed by atoms with Crippen LogP contribution in [-0.2, 0) is 16.0 Å². The molecule has 206 valence electrons. The summed E-state index contributed by atoms with van der Waals surface area (Å²) in [7, 11) is 0. The van der Waals surface area contributed by atoms with Crippen molar-refractivity contribution in [1.82, 2.24) is 25.5 Å². The van der Waals surface area contributed by atoms with Gasteiger partial charge in [0.1, 0.15) is 23.5 Å². The molecule has 0 bridgehead atoms. The number of carbonyl (C=O) groups excluding carboxylic acids is 3. The van der Waals surface area contributed by atoms with Gasteiger partial charge in [-0.2, -0.15) is 0 Å². The van der Waals surface area contributed by atoms with E-state index in [1.165, 1.54) is 0 Å². The van der Waals surface area contributed by atoms with Crippen LogP contribution >= 0.6 is 11.6 Å². The van der Waals surface area contributed by atoms with Crippen LogP contribution in [0.15, 0.2) is 77.6 Å². The van der Waals surface area contributed by atoms with Crippen molar-refractivity contribution in [2.24, 2.45) is 0 Å². The molecule has 1 aliphatic heterocycles. The zero-order chi connectivity index (χ0) is 27.9. The van der Waals surface area contributed by atoms with Gasteiger partial charge < -0.3 is 24.7 Å². The zero-order valence-electron chi connectivity index (χ0n) is 21.6. The fourth-order valence-electron chi connectivity index (χ4n) is 4.52. The minimum atomic E-state index is -0.981. The van der Waals surface area contributed by atoms with Gasteiger partial charge in [0.15, 0.2) is 5.76 Å². The standard InChI is InChI=1S/C29H28ClN5O5/c30-20-6-7-25-19(14-20)15-26(40-25)29(38)34-24(16-21-4-1-2-11-32-21)28(37)33-18-27(36)35-12-8-22(9-13-35)39-23-5-3-10-31-17-23/h1-7,10-11,14-15,17,22,24H,8-9,12-13,16,18H2,(H,33,37)(H,34,38)/t24-/m0/s1. The lowest BCUT2D eigenvalue weighted by atomic mass is 10.1. The number of rotatable bonds is 9. The van der Waals surface area contributed by atoms with Crippen LogP contribution in [0, 0.1) is 0 Å². The van der Waals surface area contributed by atoms with Crippen molar-refractivity contribution in [1.29, 1.82) is 0 Å². The first-order valence-corrected chi connectivity index (χ1v) is 13.3. The third kappa shape index (κ3) is 6.95. The number of likely N-dealkylation sites (tertiary alicyclic amines) is 1. The molecule has 11 heteroatoms. The number of hydrogen-bond acceptors (Lipinski definition) is 7. The molecule has 40 heavy (non-hydrogen) atoms. The maximum absolute atomic E-state index is 13.2. The van der Waals surface area contributed by atoms with Crippen LogP contribution in [0.1, 0.15) is 29.1 Å². The summed E-state index contributed by atoms with van der Waals surface area (Å²) >= 11 is 6.04. The van der Waals surface area contributed by atoms with Crippen LogP contribution in [0.3, 0.4) is 0 Å². The third-order valence-corrected chi connectivity index (χ3v) is 6.84. The van der Waals surface area contributed by atoms with Crippen LogP contribution in [0.5, 0.6) is 5.75 Å². The number of benzene rings is 1. The van der Waals surface area contributed by atoms with Crippen LogP contribution in [-0.4, -0.2) is 64.4 Å². The third-order valence-electron chi connectivity index (χ3n) is 6.61. The molecule has 3 amide bonds. The molecule has 0 radical (unpaired) electrons. The molecule has 0 aliphatic carbocycles. The highest BCUT2D eigenvalue weighted by atomic mass is 35.5.